The molecule has 0 spiro atoms. The summed E-state index contributed by atoms with van der Waals surface area (Å²) in [7, 11) is -8.05. The Bertz CT molecular complexity index is 1140. The number of nitrogens with two attached hydrogens (primary N) is 1. The predicted molar refractivity (Wildman–Crippen MR) is 95.5 cm³/mol. The van der Waals surface area contributed by atoms with Gasteiger partial charge in [0.15, 0.2) is 5.82 Å². The molecule has 0 saturated carbocycles. The van der Waals surface area contributed by atoms with Gasteiger partial charge in [-0.1, -0.05) is 17.7 Å². The minimum absolute atomic E-state index is 0.0560. The Morgan fingerprint density at radius 2 is 1.80 bits per heavy atom. The van der Waals surface area contributed by atoms with Crippen molar-refractivity contribution >= 4 is 48.8 Å². The highest BCUT2D eigenvalue weighted by Gasteiger charge is 2.19. The van der Waals surface area contributed by atoms with Gasteiger partial charge in [0.2, 0.25) is 10.0 Å². The smallest absolute Gasteiger partial charge is 0.263 e. The average Bonchev–Trinajstić information content (AvgIpc) is 3.15. The van der Waals surface area contributed by atoms with Crippen LogP contribution in [0.5, 0.6) is 0 Å². The van der Waals surface area contributed by atoms with Gasteiger partial charge < -0.3 is 0 Å². The fourth-order valence-corrected chi connectivity index (χ4v) is 4.66. The molecule has 0 aliphatic heterocycles. The third-order valence-corrected chi connectivity index (χ3v) is 6.63. The molecule has 0 bridgehead atoms. The van der Waals surface area contributed by atoms with Crippen molar-refractivity contribution in [1.29, 1.82) is 0 Å². The van der Waals surface area contributed by atoms with Gasteiger partial charge in [0.1, 0.15) is 0 Å². The first kappa shape index (κ1) is 17.9. The molecule has 1 aromatic carbocycles. The van der Waals surface area contributed by atoms with Gasteiger partial charge >= 0.3 is 0 Å². The summed E-state index contributed by atoms with van der Waals surface area (Å²) in [6.07, 6.45) is 0. The molecule has 2 heterocycles. The Labute approximate surface area is 152 Å². The van der Waals surface area contributed by atoms with Gasteiger partial charge in [0.25, 0.3) is 10.0 Å². The van der Waals surface area contributed by atoms with Crippen LogP contribution in [0.25, 0.3) is 10.6 Å². The molecule has 0 saturated heterocycles. The molecule has 0 unspecified atom stereocenters. The summed E-state index contributed by atoms with van der Waals surface area (Å²) >= 11 is 7.18. The average molecular weight is 419 g/mol. The number of rotatable bonds is 5. The second-order valence-corrected chi connectivity index (χ2v) is 9.85. The van der Waals surface area contributed by atoms with E-state index >= 15 is 0 Å². The van der Waals surface area contributed by atoms with Crippen molar-refractivity contribution in [2.24, 2.45) is 5.14 Å². The van der Waals surface area contributed by atoms with Crippen molar-refractivity contribution in [2.45, 2.75) is 9.79 Å². The zero-order valence-electron chi connectivity index (χ0n) is 12.3. The van der Waals surface area contributed by atoms with Crippen LogP contribution in [-0.2, 0) is 20.0 Å². The number of H-pyrrole nitrogens is 1. The van der Waals surface area contributed by atoms with E-state index in [1.54, 1.807) is 12.1 Å². The summed E-state index contributed by atoms with van der Waals surface area (Å²) in [5.74, 6) is 0.0560. The van der Waals surface area contributed by atoms with Crippen molar-refractivity contribution < 1.29 is 16.8 Å². The number of hydrogen-bond donors (Lipinski definition) is 3. The number of aromatic amines is 1. The normalized spacial score (nSPS) is 12.2. The SMILES string of the molecule is NS(=O)(=O)c1cccc(S(=O)(=O)Nc2cc(-c3ccc(Cl)s3)[nH]n2)c1. The van der Waals surface area contributed by atoms with Crippen LogP contribution in [0.1, 0.15) is 0 Å². The molecule has 0 fully saturated rings. The summed E-state index contributed by atoms with van der Waals surface area (Å²) in [5.41, 5.74) is 0.591. The van der Waals surface area contributed by atoms with E-state index in [1.165, 1.54) is 35.6 Å². The molecule has 0 amide bonds. The first-order valence-electron chi connectivity index (χ1n) is 6.62. The van der Waals surface area contributed by atoms with Gasteiger partial charge in [0, 0.05) is 6.07 Å². The van der Waals surface area contributed by atoms with Gasteiger partial charge in [-0.2, -0.15) is 5.10 Å². The highest BCUT2D eigenvalue weighted by Crippen LogP contribution is 2.31. The molecule has 3 rings (SSSR count). The number of halogens is 1. The quantitative estimate of drug-likeness (QED) is 0.583. The van der Waals surface area contributed by atoms with E-state index in [-0.39, 0.29) is 15.6 Å². The minimum atomic E-state index is -4.03. The molecule has 3 aromatic rings. The highest BCUT2D eigenvalue weighted by atomic mass is 35.5. The number of benzene rings is 1. The van der Waals surface area contributed by atoms with Crippen molar-refractivity contribution in [1.82, 2.24) is 10.2 Å². The van der Waals surface area contributed by atoms with E-state index < -0.39 is 20.0 Å². The van der Waals surface area contributed by atoms with Gasteiger partial charge in [-0.05, 0) is 30.3 Å². The van der Waals surface area contributed by atoms with Crippen LogP contribution in [-0.4, -0.2) is 27.0 Å². The first-order chi connectivity index (χ1) is 11.6. The number of thiophene rings is 1. The molecule has 0 aliphatic carbocycles. The molecule has 4 N–H and O–H groups in total. The first-order valence-corrected chi connectivity index (χ1v) is 10.8. The van der Waals surface area contributed by atoms with Crippen molar-refractivity contribution in [2.75, 3.05) is 4.72 Å². The van der Waals surface area contributed by atoms with Gasteiger partial charge in [-0.15, -0.1) is 11.3 Å². The Morgan fingerprint density at radius 3 is 2.44 bits per heavy atom. The van der Waals surface area contributed by atoms with Gasteiger partial charge in [-0.25, -0.2) is 22.0 Å². The second kappa shape index (κ2) is 6.42. The maximum atomic E-state index is 12.4. The molecule has 0 atom stereocenters. The van der Waals surface area contributed by atoms with Crippen molar-refractivity contribution in [3.8, 4) is 10.6 Å². The number of sulfonamides is 2. The van der Waals surface area contributed by atoms with E-state index in [0.717, 1.165) is 10.9 Å². The monoisotopic (exact) mass is 418 g/mol. The van der Waals surface area contributed by atoms with E-state index in [0.29, 0.717) is 10.0 Å². The maximum absolute atomic E-state index is 12.4. The van der Waals surface area contributed by atoms with Gasteiger partial charge in [0.05, 0.1) is 24.7 Å². The standard InChI is InChI=1S/C13H11ClN4O4S3/c14-12-5-4-11(23-12)10-7-13(17-16-10)18-25(21,22)9-3-1-2-8(6-9)24(15,19)20/h1-7H,(H2,15,19,20)(H2,16,17,18). The van der Waals surface area contributed by atoms with Crippen LogP contribution >= 0.6 is 22.9 Å². The molecule has 8 nitrogen and oxygen atoms in total. The molecule has 132 valence electrons. The number of aromatic nitrogens is 2. The molecule has 12 heteroatoms. The van der Waals surface area contributed by atoms with E-state index in [4.69, 9.17) is 16.7 Å². The van der Waals surface area contributed by atoms with Crippen LogP contribution in [0.4, 0.5) is 5.82 Å². The molecule has 25 heavy (non-hydrogen) atoms. The second-order valence-electron chi connectivity index (χ2n) is 4.90. The fraction of sp³-hybridized carbons (Fsp3) is 0. The van der Waals surface area contributed by atoms with Gasteiger partial charge in [-0.3, -0.25) is 9.82 Å². The fourth-order valence-electron chi connectivity index (χ4n) is 1.97. The van der Waals surface area contributed by atoms with Crippen molar-refractivity contribution in [3.63, 3.8) is 0 Å². The van der Waals surface area contributed by atoms with Crippen LogP contribution in [0, 0.1) is 0 Å². The molecule has 0 radical (unpaired) electrons. The Hall–Kier alpha value is -1.92. The van der Waals surface area contributed by atoms with Crippen LogP contribution in [0.3, 0.4) is 0 Å². The predicted octanol–water partition coefficient (Wildman–Crippen LogP) is 2.24. The molecule has 2 aromatic heterocycles. The lowest BCUT2D eigenvalue weighted by atomic mass is 10.3. The third-order valence-electron chi connectivity index (χ3n) is 3.10. The summed E-state index contributed by atoms with van der Waals surface area (Å²) < 4.78 is 50.4. The highest BCUT2D eigenvalue weighted by molar-refractivity contribution is 7.92. The van der Waals surface area contributed by atoms with Crippen LogP contribution < -0.4 is 9.86 Å². The third kappa shape index (κ3) is 4.02. The molecule has 0 aliphatic rings. The van der Waals surface area contributed by atoms with Crippen LogP contribution in [0.15, 0.2) is 52.3 Å². The summed E-state index contributed by atoms with van der Waals surface area (Å²) in [6.45, 7) is 0. The number of nitrogens with one attached hydrogen (secondary N) is 2. The summed E-state index contributed by atoms with van der Waals surface area (Å²) in [6, 6.07) is 9.72. The molecular formula is C13H11ClN4O4S3. The minimum Gasteiger partial charge on any atom is -0.275 e. The van der Waals surface area contributed by atoms with E-state index in [1.807, 2.05) is 0 Å². The number of hydrogen-bond acceptors (Lipinski definition) is 6. The zero-order valence-corrected chi connectivity index (χ0v) is 15.5. The maximum Gasteiger partial charge on any atom is 0.263 e. The van der Waals surface area contributed by atoms with Crippen LogP contribution in [0.2, 0.25) is 4.34 Å². The molecular weight excluding hydrogens is 408 g/mol. The van der Waals surface area contributed by atoms with E-state index in [9.17, 15) is 16.8 Å². The topological polar surface area (TPSA) is 135 Å². The lowest BCUT2D eigenvalue weighted by Gasteiger charge is -2.06. The number of primary sulfonamides is 1. The Balaban J connectivity index is 1.89. The number of anilines is 1. The summed E-state index contributed by atoms with van der Waals surface area (Å²) in [5, 5.41) is 11.6. The Kier molecular flexibility index (Phi) is 4.60. The Morgan fingerprint density at radius 1 is 1.08 bits per heavy atom. The zero-order chi connectivity index (χ0) is 18.2. The largest absolute Gasteiger partial charge is 0.275 e. The number of nitrogens with zero attached hydrogens (tertiary/aromatic N) is 1. The lowest BCUT2D eigenvalue weighted by molar-refractivity contribution is 0.597. The van der Waals surface area contributed by atoms with Crippen molar-refractivity contribution in [3.05, 3.63) is 46.8 Å². The summed E-state index contributed by atoms with van der Waals surface area (Å²) in [4.78, 5) is 0.244. The van der Waals surface area contributed by atoms with E-state index in [2.05, 4.69) is 14.9 Å². The lowest BCUT2D eigenvalue weighted by Crippen LogP contribution is -2.16.